The molecular weight excluding hydrogens is 343 g/mol. The van der Waals surface area contributed by atoms with Crippen LogP contribution < -0.4 is 0 Å². The second-order valence-electron chi connectivity index (χ2n) is 5.73. The minimum absolute atomic E-state index is 0.307. The van der Waals surface area contributed by atoms with Gasteiger partial charge in [0.15, 0.2) is 0 Å². The van der Waals surface area contributed by atoms with E-state index in [1.807, 2.05) is 24.3 Å². The molecule has 0 aliphatic heterocycles. The lowest BCUT2D eigenvalue weighted by Gasteiger charge is -2.26. The van der Waals surface area contributed by atoms with Crippen LogP contribution in [0.2, 0.25) is 0 Å². The topological polar surface area (TPSA) is 118 Å². The van der Waals surface area contributed by atoms with Crippen LogP contribution in [-0.4, -0.2) is 24.9 Å². The summed E-state index contributed by atoms with van der Waals surface area (Å²) in [5.41, 5.74) is 2.51. The van der Waals surface area contributed by atoms with Gasteiger partial charge in [-0.3, -0.25) is 0 Å². The second kappa shape index (κ2) is 9.59. The van der Waals surface area contributed by atoms with Crippen molar-refractivity contribution in [1.82, 2.24) is 0 Å². The zero-order valence-electron chi connectivity index (χ0n) is 14.3. The summed E-state index contributed by atoms with van der Waals surface area (Å²) >= 11 is 0. The number of hydrogen-bond donors (Lipinski definition) is 5. The van der Waals surface area contributed by atoms with Gasteiger partial charge in [0, 0.05) is 0 Å². The average Bonchev–Trinajstić information content (AvgIpc) is 2.53. The van der Waals surface area contributed by atoms with E-state index in [9.17, 15) is 10.2 Å². The summed E-state index contributed by atoms with van der Waals surface area (Å²) in [6.07, 6.45) is 2.09. The van der Waals surface area contributed by atoms with Gasteiger partial charge in [0.05, 0.1) is 0 Å². The summed E-state index contributed by atoms with van der Waals surface area (Å²) < 4.78 is 8.88. The normalized spacial score (nSPS) is 13.5. The van der Waals surface area contributed by atoms with Crippen LogP contribution in [0.3, 0.4) is 0 Å². The minimum atomic E-state index is -4.64. The highest BCUT2D eigenvalue weighted by molar-refractivity contribution is 7.45. The lowest BCUT2D eigenvalue weighted by atomic mass is 9.78. The maximum Gasteiger partial charge on any atom is 0.466 e. The van der Waals surface area contributed by atoms with Crippen molar-refractivity contribution in [3.05, 3.63) is 59.7 Å². The molecule has 0 saturated carbocycles. The second-order valence-corrected chi connectivity index (χ2v) is 6.75. The Hall–Kier alpha value is -1.85. The number of benzene rings is 2. The first-order chi connectivity index (χ1) is 11.7. The van der Waals surface area contributed by atoms with Gasteiger partial charge in [-0.25, -0.2) is 4.57 Å². The van der Waals surface area contributed by atoms with E-state index in [0.717, 1.165) is 12.8 Å². The monoisotopic (exact) mass is 368 g/mol. The highest BCUT2D eigenvalue weighted by Crippen LogP contribution is 2.38. The fourth-order valence-electron chi connectivity index (χ4n) is 2.95. The van der Waals surface area contributed by atoms with Crippen molar-refractivity contribution >= 4 is 7.82 Å². The number of hydrogen-bond acceptors (Lipinski definition) is 3. The van der Waals surface area contributed by atoms with Crippen molar-refractivity contribution in [3.8, 4) is 11.5 Å². The first-order valence-corrected chi connectivity index (χ1v) is 9.58. The summed E-state index contributed by atoms with van der Waals surface area (Å²) in [5.74, 6) is 1.46. The third-order valence-corrected chi connectivity index (χ3v) is 4.01. The van der Waals surface area contributed by atoms with Gasteiger partial charge in [-0.1, -0.05) is 38.1 Å². The van der Waals surface area contributed by atoms with Gasteiger partial charge in [0.25, 0.3) is 0 Å². The fourth-order valence-corrected chi connectivity index (χ4v) is 2.95. The lowest BCUT2D eigenvalue weighted by Crippen LogP contribution is -2.10. The van der Waals surface area contributed by atoms with E-state index in [4.69, 9.17) is 19.2 Å². The summed E-state index contributed by atoms with van der Waals surface area (Å²) in [5, 5.41) is 18.9. The van der Waals surface area contributed by atoms with Crippen LogP contribution in [0.1, 0.15) is 49.7 Å². The Labute approximate surface area is 147 Å². The number of aromatic hydroxyl groups is 2. The molecule has 0 heterocycles. The van der Waals surface area contributed by atoms with Gasteiger partial charge in [-0.05, 0) is 60.1 Å². The molecule has 25 heavy (non-hydrogen) atoms. The molecule has 5 N–H and O–H groups in total. The first-order valence-electron chi connectivity index (χ1n) is 8.01. The van der Waals surface area contributed by atoms with Gasteiger partial charge in [0.2, 0.25) is 0 Å². The van der Waals surface area contributed by atoms with Gasteiger partial charge in [-0.15, -0.1) is 0 Å². The van der Waals surface area contributed by atoms with Crippen LogP contribution in [0, 0.1) is 0 Å². The minimum Gasteiger partial charge on any atom is -0.508 e. The van der Waals surface area contributed by atoms with Crippen molar-refractivity contribution in [2.75, 3.05) is 0 Å². The molecule has 2 rings (SSSR count). The molecule has 0 amide bonds. The Morgan fingerprint density at radius 3 is 1.16 bits per heavy atom. The van der Waals surface area contributed by atoms with Crippen LogP contribution in [0.25, 0.3) is 0 Å². The van der Waals surface area contributed by atoms with E-state index in [-0.39, 0.29) is 0 Å². The first kappa shape index (κ1) is 21.2. The molecule has 138 valence electrons. The molecule has 7 heteroatoms. The molecule has 2 aromatic carbocycles. The van der Waals surface area contributed by atoms with Gasteiger partial charge >= 0.3 is 7.82 Å². The Morgan fingerprint density at radius 1 is 0.720 bits per heavy atom. The van der Waals surface area contributed by atoms with E-state index >= 15 is 0 Å². The fraction of sp³-hybridized carbons (Fsp3) is 0.333. The third-order valence-electron chi connectivity index (χ3n) is 4.01. The van der Waals surface area contributed by atoms with E-state index in [0.29, 0.717) is 23.3 Å². The Kier molecular flexibility index (Phi) is 8.13. The lowest BCUT2D eigenvalue weighted by molar-refractivity contribution is 0.275. The molecule has 0 unspecified atom stereocenters. The molecule has 0 aromatic heterocycles. The number of rotatable bonds is 5. The van der Waals surface area contributed by atoms with Gasteiger partial charge in [-0.2, -0.15) is 0 Å². The summed E-state index contributed by atoms with van der Waals surface area (Å²) in [6, 6.07) is 15.0. The summed E-state index contributed by atoms with van der Waals surface area (Å²) in [4.78, 5) is 21.6. The smallest absolute Gasteiger partial charge is 0.466 e. The van der Waals surface area contributed by atoms with Gasteiger partial charge < -0.3 is 24.9 Å². The molecule has 0 spiro atoms. The Morgan fingerprint density at radius 2 is 0.960 bits per heavy atom. The quantitative estimate of drug-likeness (QED) is 0.512. The maximum absolute atomic E-state index is 9.43. The standard InChI is InChI=1S/C18H22O2.H3O4P/c1-3-17(13-5-9-15(19)10-6-13)18(4-2)14-7-11-16(20)12-8-14;1-5(2,3)4/h5-12,17-20H,3-4H2,1-2H3;(H3,1,2,3,4)/t17-,18+;. The number of phenolic OH excluding ortho intramolecular Hbond substituents is 2. The molecular formula is C18H25O6P. The SMILES string of the molecule is CC[C@H](c1ccc(O)cc1)[C@@H](CC)c1ccc(O)cc1.O=P(O)(O)O. The zero-order chi connectivity index (χ0) is 19.0. The molecule has 0 aliphatic rings. The third kappa shape index (κ3) is 7.71. The predicted molar refractivity (Wildman–Crippen MR) is 96.5 cm³/mol. The molecule has 0 aliphatic carbocycles. The summed E-state index contributed by atoms with van der Waals surface area (Å²) in [6.45, 7) is 4.39. The number of phenols is 2. The van der Waals surface area contributed by atoms with Crippen LogP contribution in [0.15, 0.2) is 48.5 Å². The van der Waals surface area contributed by atoms with Crippen LogP contribution in [-0.2, 0) is 4.57 Å². The van der Waals surface area contributed by atoms with E-state index < -0.39 is 7.82 Å². The van der Waals surface area contributed by atoms with Crippen LogP contribution in [0.4, 0.5) is 0 Å². The Bertz CT molecular complexity index is 618. The van der Waals surface area contributed by atoms with Crippen molar-refractivity contribution in [2.45, 2.75) is 38.5 Å². The van der Waals surface area contributed by atoms with Gasteiger partial charge in [0.1, 0.15) is 11.5 Å². The molecule has 0 fully saturated rings. The largest absolute Gasteiger partial charge is 0.508 e. The maximum atomic E-state index is 9.43. The molecule has 0 bridgehead atoms. The molecule has 2 atom stereocenters. The van der Waals surface area contributed by atoms with Crippen molar-refractivity contribution in [2.24, 2.45) is 0 Å². The Balaban J connectivity index is 0.000000550. The van der Waals surface area contributed by atoms with Crippen molar-refractivity contribution in [1.29, 1.82) is 0 Å². The molecule has 0 radical (unpaired) electrons. The zero-order valence-corrected chi connectivity index (χ0v) is 15.2. The highest BCUT2D eigenvalue weighted by Gasteiger charge is 2.21. The summed E-state index contributed by atoms with van der Waals surface area (Å²) in [7, 11) is -4.64. The highest BCUT2D eigenvalue weighted by atomic mass is 31.2. The molecule has 2 aromatic rings. The van der Waals surface area contributed by atoms with E-state index in [1.165, 1.54) is 11.1 Å². The van der Waals surface area contributed by atoms with Crippen molar-refractivity contribution in [3.63, 3.8) is 0 Å². The molecule has 0 saturated heterocycles. The van der Waals surface area contributed by atoms with Crippen LogP contribution in [0.5, 0.6) is 11.5 Å². The number of phosphoric acid groups is 1. The predicted octanol–water partition coefficient (Wildman–Crippen LogP) is 3.86. The van der Waals surface area contributed by atoms with Crippen molar-refractivity contribution < 1.29 is 29.5 Å². The van der Waals surface area contributed by atoms with Crippen LogP contribution >= 0.6 is 7.82 Å². The average molecular weight is 368 g/mol. The molecule has 6 nitrogen and oxygen atoms in total. The van der Waals surface area contributed by atoms with E-state index in [1.54, 1.807) is 24.3 Å². The van der Waals surface area contributed by atoms with E-state index in [2.05, 4.69) is 13.8 Å².